The van der Waals surface area contributed by atoms with Gasteiger partial charge in [0.05, 0.1) is 18.1 Å². The molecule has 0 aromatic carbocycles. The molecule has 0 aromatic rings. The predicted octanol–water partition coefficient (Wildman–Crippen LogP) is 3.03. The Kier molecular flexibility index (Phi) is 4.29. The standard InChI is InChI=1S/C15H25NO2/c1-18-12-15(17,13-7-8-13)14(11-16)9-5-3-2-4-6-10-14/h13,17H,2-10,12H2,1H3. The van der Waals surface area contributed by atoms with Gasteiger partial charge in [-0.15, -0.1) is 0 Å². The monoisotopic (exact) mass is 251 g/mol. The zero-order valence-electron chi connectivity index (χ0n) is 11.5. The summed E-state index contributed by atoms with van der Waals surface area (Å²) in [6.45, 7) is 0.311. The van der Waals surface area contributed by atoms with E-state index in [0.29, 0.717) is 6.61 Å². The van der Waals surface area contributed by atoms with Crippen LogP contribution in [0, 0.1) is 22.7 Å². The molecule has 0 aliphatic heterocycles. The molecular weight excluding hydrogens is 226 g/mol. The molecule has 0 radical (unpaired) electrons. The van der Waals surface area contributed by atoms with Crippen LogP contribution in [0.2, 0.25) is 0 Å². The highest BCUT2D eigenvalue weighted by molar-refractivity contribution is 5.16. The highest BCUT2D eigenvalue weighted by Gasteiger charge is 2.58. The largest absolute Gasteiger partial charge is 0.386 e. The molecule has 2 fully saturated rings. The van der Waals surface area contributed by atoms with E-state index >= 15 is 0 Å². The van der Waals surface area contributed by atoms with E-state index in [2.05, 4.69) is 6.07 Å². The first-order chi connectivity index (χ1) is 8.68. The summed E-state index contributed by atoms with van der Waals surface area (Å²) >= 11 is 0. The molecule has 18 heavy (non-hydrogen) atoms. The van der Waals surface area contributed by atoms with E-state index in [1.54, 1.807) is 7.11 Å². The summed E-state index contributed by atoms with van der Waals surface area (Å²) in [7, 11) is 1.63. The average Bonchev–Trinajstić information content (AvgIpc) is 3.13. The number of ether oxygens (including phenoxy) is 1. The molecule has 2 aliphatic carbocycles. The minimum absolute atomic E-state index is 0.275. The molecule has 0 aromatic heterocycles. The lowest BCUT2D eigenvalue weighted by atomic mass is 9.64. The molecule has 1 atom stereocenters. The normalized spacial score (nSPS) is 27.6. The van der Waals surface area contributed by atoms with Gasteiger partial charge in [0, 0.05) is 7.11 Å². The van der Waals surface area contributed by atoms with Gasteiger partial charge in [-0.25, -0.2) is 0 Å². The first-order valence-electron chi connectivity index (χ1n) is 7.31. The van der Waals surface area contributed by atoms with E-state index in [9.17, 15) is 10.4 Å². The summed E-state index contributed by atoms with van der Waals surface area (Å²) in [5.41, 5.74) is -1.50. The Bertz CT molecular complexity index is 311. The summed E-state index contributed by atoms with van der Waals surface area (Å²) in [6, 6.07) is 2.50. The van der Waals surface area contributed by atoms with Crippen molar-refractivity contribution in [3.05, 3.63) is 0 Å². The van der Waals surface area contributed by atoms with Crippen LogP contribution in [-0.2, 0) is 4.74 Å². The van der Waals surface area contributed by atoms with Gasteiger partial charge in [0.15, 0.2) is 0 Å². The third kappa shape index (κ3) is 2.41. The zero-order valence-corrected chi connectivity index (χ0v) is 11.5. The fourth-order valence-electron chi connectivity index (χ4n) is 3.58. The first-order valence-corrected chi connectivity index (χ1v) is 7.31. The number of nitriles is 1. The molecule has 0 saturated heterocycles. The third-order valence-corrected chi connectivity index (χ3v) is 4.87. The molecular formula is C15H25NO2. The van der Waals surface area contributed by atoms with Crippen molar-refractivity contribution in [2.24, 2.45) is 11.3 Å². The number of nitrogens with zero attached hydrogens (tertiary/aromatic N) is 1. The summed E-state index contributed by atoms with van der Waals surface area (Å²) in [6.07, 6.45) is 9.53. The molecule has 0 amide bonds. The fraction of sp³-hybridized carbons (Fsp3) is 0.933. The minimum Gasteiger partial charge on any atom is -0.386 e. The Balaban J connectivity index is 2.23. The number of aliphatic hydroxyl groups is 1. The van der Waals surface area contributed by atoms with Gasteiger partial charge in [-0.1, -0.05) is 32.1 Å². The third-order valence-electron chi connectivity index (χ3n) is 4.87. The quantitative estimate of drug-likeness (QED) is 0.835. The smallest absolute Gasteiger partial charge is 0.109 e. The Morgan fingerprint density at radius 2 is 1.78 bits per heavy atom. The Morgan fingerprint density at radius 3 is 2.22 bits per heavy atom. The van der Waals surface area contributed by atoms with Crippen molar-refractivity contribution in [1.29, 1.82) is 5.26 Å². The van der Waals surface area contributed by atoms with Crippen LogP contribution in [-0.4, -0.2) is 24.4 Å². The highest BCUT2D eigenvalue weighted by atomic mass is 16.5. The maximum Gasteiger partial charge on any atom is 0.109 e. The highest BCUT2D eigenvalue weighted by Crippen LogP contribution is 2.53. The summed E-state index contributed by atoms with van der Waals surface area (Å²) in [5, 5.41) is 20.8. The maximum absolute atomic E-state index is 11.1. The van der Waals surface area contributed by atoms with Gasteiger partial charge in [0.2, 0.25) is 0 Å². The second-order valence-corrected chi connectivity index (χ2v) is 6.09. The number of hydrogen-bond acceptors (Lipinski definition) is 3. The van der Waals surface area contributed by atoms with Gasteiger partial charge in [0.25, 0.3) is 0 Å². The van der Waals surface area contributed by atoms with Crippen molar-refractivity contribution in [2.45, 2.75) is 63.4 Å². The molecule has 0 bridgehead atoms. The van der Waals surface area contributed by atoms with E-state index in [0.717, 1.165) is 38.5 Å². The van der Waals surface area contributed by atoms with Crippen LogP contribution >= 0.6 is 0 Å². The Labute approximate surface area is 110 Å². The van der Waals surface area contributed by atoms with Crippen molar-refractivity contribution in [1.82, 2.24) is 0 Å². The second-order valence-electron chi connectivity index (χ2n) is 6.09. The lowest BCUT2D eigenvalue weighted by molar-refractivity contribution is -0.126. The van der Waals surface area contributed by atoms with Crippen molar-refractivity contribution < 1.29 is 9.84 Å². The maximum atomic E-state index is 11.1. The summed E-state index contributed by atoms with van der Waals surface area (Å²) in [4.78, 5) is 0. The SMILES string of the molecule is COCC(O)(C1CC1)C1(C#N)CCCCCCC1. The topological polar surface area (TPSA) is 53.2 Å². The van der Waals surface area contributed by atoms with Crippen LogP contribution in [0.3, 0.4) is 0 Å². The number of methoxy groups -OCH3 is 1. The zero-order chi connectivity index (χ0) is 13.1. The van der Waals surface area contributed by atoms with E-state index in [4.69, 9.17) is 4.74 Å². The van der Waals surface area contributed by atoms with Crippen molar-refractivity contribution in [3.63, 3.8) is 0 Å². The molecule has 1 N–H and O–H groups in total. The molecule has 3 nitrogen and oxygen atoms in total. The Hall–Kier alpha value is -0.590. The van der Waals surface area contributed by atoms with E-state index in [-0.39, 0.29) is 5.92 Å². The molecule has 102 valence electrons. The van der Waals surface area contributed by atoms with Crippen LogP contribution in [0.5, 0.6) is 0 Å². The summed E-state index contributed by atoms with van der Waals surface area (Å²) < 4.78 is 5.26. The second kappa shape index (κ2) is 5.59. The van der Waals surface area contributed by atoms with Gasteiger partial charge >= 0.3 is 0 Å². The van der Waals surface area contributed by atoms with Crippen LogP contribution in [0.25, 0.3) is 0 Å². The molecule has 2 rings (SSSR count). The predicted molar refractivity (Wildman–Crippen MR) is 69.9 cm³/mol. The van der Waals surface area contributed by atoms with E-state index in [1.807, 2.05) is 0 Å². The molecule has 1 unspecified atom stereocenters. The van der Waals surface area contributed by atoms with Crippen LogP contribution in [0.4, 0.5) is 0 Å². The molecule has 3 heteroatoms. The molecule has 2 aliphatic rings. The molecule has 2 saturated carbocycles. The van der Waals surface area contributed by atoms with Gasteiger partial charge in [-0.3, -0.25) is 0 Å². The minimum atomic E-state index is -0.923. The van der Waals surface area contributed by atoms with Crippen molar-refractivity contribution in [3.8, 4) is 6.07 Å². The van der Waals surface area contributed by atoms with Gasteiger partial charge in [0.1, 0.15) is 5.60 Å². The number of hydrogen-bond donors (Lipinski definition) is 1. The molecule has 0 heterocycles. The Morgan fingerprint density at radius 1 is 1.22 bits per heavy atom. The summed E-state index contributed by atoms with van der Waals surface area (Å²) in [5.74, 6) is 0.275. The number of rotatable bonds is 4. The van der Waals surface area contributed by atoms with Crippen molar-refractivity contribution in [2.75, 3.05) is 13.7 Å². The van der Waals surface area contributed by atoms with Gasteiger partial charge in [-0.2, -0.15) is 5.26 Å². The van der Waals surface area contributed by atoms with Gasteiger partial charge < -0.3 is 9.84 Å². The molecule has 0 spiro atoms. The van der Waals surface area contributed by atoms with E-state index in [1.165, 1.54) is 19.3 Å². The first kappa shape index (κ1) is 13.8. The lowest BCUT2D eigenvalue weighted by Crippen LogP contribution is -2.53. The van der Waals surface area contributed by atoms with Crippen molar-refractivity contribution >= 4 is 0 Å². The average molecular weight is 251 g/mol. The van der Waals surface area contributed by atoms with E-state index < -0.39 is 11.0 Å². The van der Waals surface area contributed by atoms with Crippen LogP contribution < -0.4 is 0 Å². The fourth-order valence-corrected chi connectivity index (χ4v) is 3.58. The van der Waals surface area contributed by atoms with Crippen LogP contribution in [0.15, 0.2) is 0 Å². The van der Waals surface area contributed by atoms with Gasteiger partial charge in [-0.05, 0) is 31.6 Å². The lowest BCUT2D eigenvalue weighted by Gasteiger charge is -2.44. The van der Waals surface area contributed by atoms with Crippen LogP contribution in [0.1, 0.15) is 57.8 Å².